The van der Waals surface area contributed by atoms with E-state index in [0.29, 0.717) is 11.9 Å². The number of nitrogens with two attached hydrogens (primary N) is 1. The Kier molecular flexibility index (Phi) is 3.49. The molecule has 0 bridgehead atoms. The number of aliphatic imine (C=N–C) groups is 1. The van der Waals surface area contributed by atoms with Crippen LogP contribution in [0.3, 0.4) is 0 Å². The molecule has 2 heterocycles. The lowest BCUT2D eigenvalue weighted by atomic mass is 10.2. The number of nitrogens with one attached hydrogen (secondary N) is 2. The normalized spacial score (nSPS) is 22.3. The molecule has 0 radical (unpaired) electrons. The van der Waals surface area contributed by atoms with Crippen LogP contribution in [0.15, 0.2) is 52.1 Å². The molecule has 3 aliphatic rings. The van der Waals surface area contributed by atoms with Crippen molar-refractivity contribution in [1.29, 1.82) is 0 Å². The zero-order chi connectivity index (χ0) is 15.8. The quantitative estimate of drug-likeness (QED) is 0.797. The number of hydrogen-bond donors (Lipinski definition) is 3. The van der Waals surface area contributed by atoms with Crippen LogP contribution in [0.2, 0.25) is 0 Å². The van der Waals surface area contributed by atoms with Crippen LogP contribution >= 0.6 is 11.8 Å². The number of urea groups is 1. The van der Waals surface area contributed by atoms with Gasteiger partial charge in [-0.25, -0.2) is 9.79 Å². The number of hydrogen-bond acceptors (Lipinski definition) is 5. The first-order valence-corrected chi connectivity index (χ1v) is 8.47. The second-order valence-corrected chi connectivity index (χ2v) is 6.69. The summed E-state index contributed by atoms with van der Waals surface area (Å²) in [6.45, 7) is 0. The predicted octanol–water partition coefficient (Wildman–Crippen LogP) is 2.58. The molecular formula is C16H17N5OS. The summed E-state index contributed by atoms with van der Waals surface area (Å²) in [6, 6.07) is 7.93. The van der Waals surface area contributed by atoms with Crippen LogP contribution in [-0.2, 0) is 0 Å². The minimum atomic E-state index is -0.145. The lowest BCUT2D eigenvalue weighted by Crippen LogP contribution is -2.35. The highest BCUT2D eigenvalue weighted by atomic mass is 32.2. The van der Waals surface area contributed by atoms with E-state index >= 15 is 0 Å². The third-order valence-corrected chi connectivity index (χ3v) is 4.96. The van der Waals surface area contributed by atoms with Gasteiger partial charge in [0.05, 0.1) is 6.34 Å². The Morgan fingerprint density at radius 1 is 1.30 bits per heavy atom. The highest BCUT2D eigenvalue weighted by molar-refractivity contribution is 8.03. The zero-order valence-corrected chi connectivity index (χ0v) is 13.2. The standard InChI is InChI=1S/C16H17N5OS/c17-14-13-7-8-23-15(13)21(9-18-14)12-5-3-11(4-6-12)20-16(22)19-10-1-2-10/h3-10,15H,1-2,17H2,(H2,19,20,22). The fraction of sp³-hybridized carbons (Fsp3) is 0.250. The number of benzene rings is 1. The van der Waals surface area contributed by atoms with E-state index in [-0.39, 0.29) is 11.4 Å². The van der Waals surface area contributed by atoms with Gasteiger partial charge in [-0.05, 0) is 48.6 Å². The van der Waals surface area contributed by atoms with Crippen molar-refractivity contribution in [3.63, 3.8) is 0 Å². The number of thioether (sulfide) groups is 1. The Bertz CT molecular complexity index is 720. The number of carbonyl (C=O) groups excluding carboxylic acids is 1. The average molecular weight is 327 g/mol. The molecule has 0 saturated heterocycles. The molecule has 7 heteroatoms. The van der Waals surface area contributed by atoms with Crippen molar-refractivity contribution in [2.45, 2.75) is 24.3 Å². The van der Waals surface area contributed by atoms with Gasteiger partial charge in [0.15, 0.2) is 0 Å². The number of amides is 2. The summed E-state index contributed by atoms with van der Waals surface area (Å²) in [6.07, 6.45) is 5.91. The molecular weight excluding hydrogens is 310 g/mol. The van der Waals surface area contributed by atoms with Crippen LogP contribution in [0.1, 0.15) is 12.8 Å². The summed E-state index contributed by atoms with van der Waals surface area (Å²) < 4.78 is 0. The first kappa shape index (κ1) is 14.2. The van der Waals surface area contributed by atoms with Gasteiger partial charge < -0.3 is 21.3 Å². The molecule has 0 spiro atoms. The molecule has 1 fully saturated rings. The van der Waals surface area contributed by atoms with Gasteiger partial charge in [0.1, 0.15) is 11.2 Å². The van der Waals surface area contributed by atoms with E-state index in [1.165, 1.54) is 0 Å². The summed E-state index contributed by atoms with van der Waals surface area (Å²) >= 11 is 1.70. The van der Waals surface area contributed by atoms with Gasteiger partial charge in [-0.3, -0.25) is 0 Å². The maximum absolute atomic E-state index is 11.7. The van der Waals surface area contributed by atoms with Crippen molar-refractivity contribution in [3.8, 4) is 0 Å². The monoisotopic (exact) mass is 327 g/mol. The van der Waals surface area contributed by atoms with Crippen molar-refractivity contribution in [2.24, 2.45) is 10.7 Å². The molecule has 1 saturated carbocycles. The van der Waals surface area contributed by atoms with Crippen molar-refractivity contribution < 1.29 is 4.79 Å². The number of anilines is 2. The molecule has 2 amide bonds. The Hall–Kier alpha value is -2.41. The van der Waals surface area contributed by atoms with E-state index in [1.807, 2.05) is 35.7 Å². The van der Waals surface area contributed by atoms with Gasteiger partial charge >= 0.3 is 6.03 Å². The molecule has 4 N–H and O–H groups in total. The molecule has 1 unspecified atom stereocenters. The zero-order valence-electron chi connectivity index (χ0n) is 12.4. The second-order valence-electron chi connectivity index (χ2n) is 5.70. The fourth-order valence-electron chi connectivity index (χ4n) is 2.53. The number of carbonyl (C=O) groups is 1. The smallest absolute Gasteiger partial charge is 0.319 e. The molecule has 23 heavy (non-hydrogen) atoms. The van der Waals surface area contributed by atoms with Crippen molar-refractivity contribution in [1.82, 2.24) is 5.32 Å². The van der Waals surface area contributed by atoms with Crippen molar-refractivity contribution in [2.75, 3.05) is 10.2 Å². The maximum atomic E-state index is 11.7. The van der Waals surface area contributed by atoms with E-state index in [9.17, 15) is 4.79 Å². The second kappa shape index (κ2) is 5.66. The Labute approximate surface area is 138 Å². The topological polar surface area (TPSA) is 82.8 Å². The third-order valence-electron chi connectivity index (χ3n) is 3.93. The molecule has 1 aliphatic carbocycles. The van der Waals surface area contributed by atoms with Gasteiger partial charge in [0.2, 0.25) is 0 Å². The number of fused-ring (bicyclic) bond motifs is 1. The van der Waals surface area contributed by atoms with Gasteiger partial charge in [-0.2, -0.15) is 0 Å². The highest BCUT2D eigenvalue weighted by Crippen LogP contribution is 2.37. The first-order valence-electron chi connectivity index (χ1n) is 7.52. The Morgan fingerprint density at radius 2 is 2.09 bits per heavy atom. The van der Waals surface area contributed by atoms with Gasteiger partial charge in [0.25, 0.3) is 0 Å². The summed E-state index contributed by atoms with van der Waals surface area (Å²) in [5.74, 6) is 0.572. The van der Waals surface area contributed by atoms with Crippen LogP contribution in [0, 0.1) is 0 Å². The summed E-state index contributed by atoms with van der Waals surface area (Å²) in [5, 5.41) is 7.91. The maximum Gasteiger partial charge on any atom is 0.319 e. The van der Waals surface area contributed by atoms with Gasteiger partial charge in [-0.1, -0.05) is 0 Å². The van der Waals surface area contributed by atoms with E-state index in [0.717, 1.165) is 29.8 Å². The first-order chi connectivity index (χ1) is 11.2. The largest absolute Gasteiger partial charge is 0.383 e. The Balaban J connectivity index is 1.46. The minimum absolute atomic E-state index is 0.129. The van der Waals surface area contributed by atoms with Crippen LogP contribution in [0.5, 0.6) is 0 Å². The van der Waals surface area contributed by atoms with Crippen LogP contribution < -0.4 is 21.3 Å². The SMILES string of the molecule is NC1=C2C=CSC2N(c2ccc(NC(=O)NC3CC3)cc2)C=N1. The number of rotatable bonds is 3. The van der Waals surface area contributed by atoms with Crippen molar-refractivity contribution >= 4 is 35.5 Å². The highest BCUT2D eigenvalue weighted by Gasteiger charge is 2.29. The van der Waals surface area contributed by atoms with E-state index < -0.39 is 0 Å². The van der Waals surface area contributed by atoms with Crippen LogP contribution in [-0.4, -0.2) is 23.8 Å². The molecule has 1 aromatic rings. The van der Waals surface area contributed by atoms with E-state index in [2.05, 4.69) is 20.5 Å². The summed E-state index contributed by atoms with van der Waals surface area (Å²) in [4.78, 5) is 18.1. The lowest BCUT2D eigenvalue weighted by Gasteiger charge is -2.30. The third kappa shape index (κ3) is 2.92. The average Bonchev–Trinajstić information content (AvgIpc) is 3.21. The number of nitrogens with zero attached hydrogens (tertiary/aromatic N) is 2. The van der Waals surface area contributed by atoms with Crippen LogP contribution in [0.4, 0.5) is 16.2 Å². The lowest BCUT2D eigenvalue weighted by molar-refractivity contribution is 0.251. The van der Waals surface area contributed by atoms with E-state index in [1.54, 1.807) is 18.1 Å². The molecule has 2 aliphatic heterocycles. The summed E-state index contributed by atoms with van der Waals surface area (Å²) in [5.41, 5.74) is 8.73. The van der Waals surface area contributed by atoms with E-state index in [4.69, 9.17) is 5.73 Å². The minimum Gasteiger partial charge on any atom is -0.383 e. The fourth-order valence-corrected chi connectivity index (χ4v) is 3.56. The predicted molar refractivity (Wildman–Crippen MR) is 94.3 cm³/mol. The van der Waals surface area contributed by atoms with Gasteiger partial charge in [0, 0.05) is 23.0 Å². The van der Waals surface area contributed by atoms with Gasteiger partial charge in [-0.15, -0.1) is 11.8 Å². The van der Waals surface area contributed by atoms with Crippen molar-refractivity contribution in [3.05, 3.63) is 47.1 Å². The Morgan fingerprint density at radius 3 is 2.83 bits per heavy atom. The summed E-state index contributed by atoms with van der Waals surface area (Å²) in [7, 11) is 0. The molecule has 1 aromatic carbocycles. The molecule has 1 atom stereocenters. The molecule has 6 nitrogen and oxygen atoms in total. The van der Waals surface area contributed by atoms with Crippen LogP contribution in [0.25, 0.3) is 0 Å². The molecule has 4 rings (SSSR count). The molecule has 0 aromatic heterocycles. The molecule has 118 valence electrons.